The van der Waals surface area contributed by atoms with E-state index in [1.54, 1.807) is 0 Å². The zero-order valence-electron chi connectivity index (χ0n) is 10.8. The Morgan fingerprint density at radius 2 is 1.72 bits per heavy atom. The SMILES string of the molecule is CCC1CC2CC(C(=O)O)CCC2CC1C(=O)O. The topological polar surface area (TPSA) is 74.6 Å². The summed E-state index contributed by atoms with van der Waals surface area (Å²) in [6.45, 7) is 2.04. The first kappa shape index (κ1) is 13.4. The number of carboxylic acids is 2. The molecule has 0 saturated heterocycles. The number of hydrogen-bond donors (Lipinski definition) is 2. The highest BCUT2D eigenvalue weighted by Crippen LogP contribution is 2.47. The second-order valence-corrected chi connectivity index (χ2v) is 5.95. The van der Waals surface area contributed by atoms with Gasteiger partial charge in [0.05, 0.1) is 11.8 Å². The number of carbonyl (C=O) groups is 2. The molecule has 2 aliphatic carbocycles. The van der Waals surface area contributed by atoms with E-state index < -0.39 is 11.9 Å². The normalized spacial score (nSPS) is 39.9. The van der Waals surface area contributed by atoms with Gasteiger partial charge in [-0.3, -0.25) is 9.59 Å². The summed E-state index contributed by atoms with van der Waals surface area (Å²) in [6.07, 6.45) is 4.91. The fraction of sp³-hybridized carbons (Fsp3) is 0.857. The smallest absolute Gasteiger partial charge is 0.306 e. The maximum absolute atomic E-state index is 11.3. The van der Waals surface area contributed by atoms with Gasteiger partial charge in [0.25, 0.3) is 0 Å². The van der Waals surface area contributed by atoms with Gasteiger partial charge in [-0.2, -0.15) is 0 Å². The molecular formula is C14H22O4. The van der Waals surface area contributed by atoms with Crippen molar-refractivity contribution in [1.82, 2.24) is 0 Å². The monoisotopic (exact) mass is 254 g/mol. The van der Waals surface area contributed by atoms with Crippen molar-refractivity contribution in [1.29, 1.82) is 0 Å². The number of hydrogen-bond acceptors (Lipinski definition) is 2. The average Bonchev–Trinajstić information content (AvgIpc) is 2.36. The van der Waals surface area contributed by atoms with E-state index >= 15 is 0 Å². The second-order valence-electron chi connectivity index (χ2n) is 5.95. The molecule has 2 N–H and O–H groups in total. The molecule has 0 aromatic heterocycles. The van der Waals surface area contributed by atoms with Crippen molar-refractivity contribution in [3.8, 4) is 0 Å². The minimum absolute atomic E-state index is 0.204. The summed E-state index contributed by atoms with van der Waals surface area (Å²) in [5.74, 6) is -0.661. The van der Waals surface area contributed by atoms with E-state index in [1.807, 2.05) is 6.92 Å². The summed E-state index contributed by atoms with van der Waals surface area (Å²) in [6, 6.07) is 0. The highest BCUT2D eigenvalue weighted by Gasteiger charge is 2.43. The number of carboxylic acid groups (broad SMARTS) is 2. The molecule has 0 aromatic rings. The summed E-state index contributed by atoms with van der Waals surface area (Å²) in [5.41, 5.74) is 0. The van der Waals surface area contributed by atoms with Gasteiger partial charge >= 0.3 is 11.9 Å². The molecular weight excluding hydrogens is 232 g/mol. The van der Waals surface area contributed by atoms with Crippen LogP contribution in [0.5, 0.6) is 0 Å². The van der Waals surface area contributed by atoms with Crippen LogP contribution in [0.3, 0.4) is 0 Å². The van der Waals surface area contributed by atoms with Crippen LogP contribution in [-0.4, -0.2) is 22.2 Å². The van der Waals surface area contributed by atoms with Crippen molar-refractivity contribution in [3.05, 3.63) is 0 Å². The standard InChI is InChI=1S/C14H22O4/c1-2-8-5-11-6-10(13(15)16)4-3-9(11)7-12(8)14(17)18/h8-12H,2-7H2,1H3,(H,15,16)(H,17,18). The molecule has 2 aliphatic rings. The molecule has 2 rings (SSSR count). The van der Waals surface area contributed by atoms with Gasteiger partial charge in [-0.05, 0) is 49.9 Å². The Kier molecular flexibility index (Phi) is 3.93. The molecule has 0 aliphatic heterocycles. The van der Waals surface area contributed by atoms with Gasteiger partial charge in [0.15, 0.2) is 0 Å². The zero-order chi connectivity index (χ0) is 13.3. The number of fused-ring (bicyclic) bond motifs is 1. The summed E-state index contributed by atoms with van der Waals surface area (Å²) in [5, 5.41) is 18.4. The van der Waals surface area contributed by atoms with Gasteiger partial charge in [0.2, 0.25) is 0 Å². The molecule has 4 nitrogen and oxygen atoms in total. The Balaban J connectivity index is 2.05. The first-order valence-corrected chi connectivity index (χ1v) is 6.98. The third-order valence-electron chi connectivity index (χ3n) is 5.06. The number of aliphatic carboxylic acids is 2. The lowest BCUT2D eigenvalue weighted by Crippen LogP contribution is -2.40. The van der Waals surface area contributed by atoms with E-state index in [0.717, 1.165) is 38.5 Å². The molecule has 0 spiro atoms. The molecule has 0 radical (unpaired) electrons. The lowest BCUT2D eigenvalue weighted by molar-refractivity contribution is -0.150. The third kappa shape index (κ3) is 2.52. The molecule has 0 aromatic carbocycles. The van der Waals surface area contributed by atoms with Crippen molar-refractivity contribution < 1.29 is 19.8 Å². The molecule has 5 unspecified atom stereocenters. The maximum atomic E-state index is 11.3. The highest BCUT2D eigenvalue weighted by molar-refractivity contribution is 5.71. The Morgan fingerprint density at radius 1 is 1.00 bits per heavy atom. The van der Waals surface area contributed by atoms with Crippen LogP contribution in [0.2, 0.25) is 0 Å². The van der Waals surface area contributed by atoms with Gasteiger partial charge in [-0.15, -0.1) is 0 Å². The van der Waals surface area contributed by atoms with Crippen LogP contribution in [0.4, 0.5) is 0 Å². The van der Waals surface area contributed by atoms with E-state index in [0.29, 0.717) is 11.8 Å². The van der Waals surface area contributed by atoms with E-state index in [1.165, 1.54) is 0 Å². The van der Waals surface area contributed by atoms with Crippen LogP contribution < -0.4 is 0 Å². The Morgan fingerprint density at radius 3 is 2.28 bits per heavy atom. The van der Waals surface area contributed by atoms with Crippen LogP contribution in [0, 0.1) is 29.6 Å². The lowest BCUT2D eigenvalue weighted by atomic mass is 9.61. The molecule has 0 heterocycles. The fourth-order valence-corrected chi connectivity index (χ4v) is 3.98. The summed E-state index contributed by atoms with van der Waals surface area (Å²) in [7, 11) is 0. The first-order chi connectivity index (χ1) is 8.52. The third-order valence-corrected chi connectivity index (χ3v) is 5.06. The minimum atomic E-state index is -0.679. The minimum Gasteiger partial charge on any atom is -0.481 e. The van der Waals surface area contributed by atoms with Gasteiger partial charge in [-0.25, -0.2) is 0 Å². The van der Waals surface area contributed by atoms with E-state index in [4.69, 9.17) is 5.11 Å². The Hall–Kier alpha value is -1.06. The second kappa shape index (κ2) is 5.29. The van der Waals surface area contributed by atoms with Crippen LogP contribution in [0.1, 0.15) is 45.4 Å². The molecule has 2 fully saturated rings. The molecule has 2 saturated carbocycles. The summed E-state index contributed by atoms with van der Waals surface area (Å²) < 4.78 is 0. The van der Waals surface area contributed by atoms with Gasteiger partial charge < -0.3 is 10.2 Å². The van der Waals surface area contributed by atoms with Crippen molar-refractivity contribution in [2.45, 2.75) is 45.4 Å². The molecule has 0 amide bonds. The van der Waals surface area contributed by atoms with Crippen molar-refractivity contribution in [2.24, 2.45) is 29.6 Å². The molecule has 5 atom stereocenters. The van der Waals surface area contributed by atoms with Crippen molar-refractivity contribution in [3.63, 3.8) is 0 Å². The highest BCUT2D eigenvalue weighted by atomic mass is 16.4. The fourth-order valence-electron chi connectivity index (χ4n) is 3.98. The molecule has 0 bridgehead atoms. The Labute approximate surface area is 107 Å². The van der Waals surface area contributed by atoms with Crippen molar-refractivity contribution >= 4 is 11.9 Å². The maximum Gasteiger partial charge on any atom is 0.306 e. The van der Waals surface area contributed by atoms with Gasteiger partial charge in [-0.1, -0.05) is 13.3 Å². The Bertz CT molecular complexity index is 339. The number of rotatable bonds is 3. The van der Waals surface area contributed by atoms with Gasteiger partial charge in [0, 0.05) is 0 Å². The summed E-state index contributed by atoms with van der Waals surface area (Å²) in [4.78, 5) is 22.3. The lowest BCUT2D eigenvalue weighted by Gasteiger charge is -2.43. The van der Waals surface area contributed by atoms with Crippen LogP contribution in [-0.2, 0) is 9.59 Å². The van der Waals surface area contributed by atoms with E-state index in [2.05, 4.69) is 0 Å². The van der Waals surface area contributed by atoms with Crippen LogP contribution >= 0.6 is 0 Å². The van der Waals surface area contributed by atoms with Crippen molar-refractivity contribution in [2.75, 3.05) is 0 Å². The predicted octanol–water partition coefficient (Wildman–Crippen LogP) is 2.62. The zero-order valence-corrected chi connectivity index (χ0v) is 10.8. The molecule has 102 valence electrons. The largest absolute Gasteiger partial charge is 0.481 e. The quantitative estimate of drug-likeness (QED) is 0.811. The molecule has 4 heteroatoms. The first-order valence-electron chi connectivity index (χ1n) is 6.98. The van der Waals surface area contributed by atoms with E-state index in [-0.39, 0.29) is 17.8 Å². The van der Waals surface area contributed by atoms with Crippen LogP contribution in [0.25, 0.3) is 0 Å². The van der Waals surface area contributed by atoms with Gasteiger partial charge in [0.1, 0.15) is 0 Å². The molecule has 18 heavy (non-hydrogen) atoms. The van der Waals surface area contributed by atoms with E-state index in [9.17, 15) is 14.7 Å². The summed E-state index contributed by atoms with van der Waals surface area (Å²) >= 11 is 0. The average molecular weight is 254 g/mol. The van der Waals surface area contributed by atoms with Crippen LogP contribution in [0.15, 0.2) is 0 Å². The predicted molar refractivity (Wildman–Crippen MR) is 66.1 cm³/mol.